The molecule has 20 heavy (non-hydrogen) atoms. The number of nitrogens with one attached hydrogen (secondary N) is 2. The second kappa shape index (κ2) is 6.52. The summed E-state index contributed by atoms with van der Waals surface area (Å²) >= 11 is 0. The van der Waals surface area contributed by atoms with E-state index in [1.807, 2.05) is 4.68 Å². The minimum Gasteiger partial charge on any atom is -0.382 e. The van der Waals surface area contributed by atoms with E-state index in [2.05, 4.69) is 45.0 Å². The highest BCUT2D eigenvalue weighted by Crippen LogP contribution is 2.15. The molecule has 1 aliphatic heterocycles. The molecule has 0 saturated carbocycles. The summed E-state index contributed by atoms with van der Waals surface area (Å²) in [6, 6.07) is 9.21. The Bertz CT molecular complexity index is 498. The smallest absolute Gasteiger partial charge is 0.137 e. The summed E-state index contributed by atoms with van der Waals surface area (Å²) in [7, 11) is 0. The molecule has 2 aromatic rings. The van der Waals surface area contributed by atoms with Crippen molar-refractivity contribution in [2.24, 2.45) is 0 Å². The van der Waals surface area contributed by atoms with Crippen LogP contribution in [0.25, 0.3) is 0 Å². The molecule has 0 aliphatic carbocycles. The molecule has 2 N–H and O–H groups in total. The predicted molar refractivity (Wildman–Crippen MR) is 79.7 cm³/mol. The summed E-state index contributed by atoms with van der Waals surface area (Å²) in [6.45, 7) is 3.03. The van der Waals surface area contributed by atoms with E-state index < -0.39 is 0 Å². The first-order valence-electron chi connectivity index (χ1n) is 7.29. The Kier molecular flexibility index (Phi) is 4.28. The van der Waals surface area contributed by atoms with Crippen LogP contribution in [0.1, 0.15) is 24.8 Å². The Balaban J connectivity index is 1.58. The Hall–Kier alpha value is -1.88. The maximum Gasteiger partial charge on any atom is 0.137 e. The van der Waals surface area contributed by atoms with E-state index in [4.69, 9.17) is 0 Å². The molecule has 2 heterocycles. The topological polar surface area (TPSA) is 54.8 Å². The van der Waals surface area contributed by atoms with Crippen LogP contribution in [0, 0.1) is 0 Å². The van der Waals surface area contributed by atoms with Gasteiger partial charge in [-0.05, 0) is 50.0 Å². The van der Waals surface area contributed by atoms with Crippen LogP contribution in [0.4, 0.5) is 5.69 Å². The Morgan fingerprint density at radius 1 is 1.20 bits per heavy atom. The Labute approximate surface area is 119 Å². The number of hydrogen-bond acceptors (Lipinski definition) is 4. The SMILES string of the molecule is c1ncn(Cc2ccc(NC3CCCNCC3)cc2)n1. The molecule has 0 radical (unpaired) electrons. The summed E-state index contributed by atoms with van der Waals surface area (Å²) in [6.07, 6.45) is 7.00. The van der Waals surface area contributed by atoms with Crippen molar-refractivity contribution in [1.82, 2.24) is 20.1 Å². The third-order valence-corrected chi connectivity index (χ3v) is 3.71. The predicted octanol–water partition coefficient (Wildman–Crippen LogP) is 1.88. The van der Waals surface area contributed by atoms with Gasteiger partial charge in [0.05, 0.1) is 6.54 Å². The van der Waals surface area contributed by atoms with Crippen LogP contribution in [0.15, 0.2) is 36.9 Å². The number of aromatic nitrogens is 3. The summed E-state index contributed by atoms with van der Waals surface area (Å²) in [5, 5.41) is 11.2. The molecule has 106 valence electrons. The zero-order chi connectivity index (χ0) is 13.6. The molecular weight excluding hydrogens is 250 g/mol. The maximum absolute atomic E-state index is 4.12. The third kappa shape index (κ3) is 3.57. The fourth-order valence-electron chi connectivity index (χ4n) is 2.61. The molecule has 1 unspecified atom stereocenters. The van der Waals surface area contributed by atoms with Gasteiger partial charge < -0.3 is 10.6 Å². The van der Waals surface area contributed by atoms with Gasteiger partial charge in [0, 0.05) is 11.7 Å². The van der Waals surface area contributed by atoms with Gasteiger partial charge in [0.15, 0.2) is 0 Å². The molecule has 0 spiro atoms. The summed E-state index contributed by atoms with van der Waals surface area (Å²) in [5.74, 6) is 0. The monoisotopic (exact) mass is 271 g/mol. The van der Waals surface area contributed by atoms with Gasteiger partial charge in [0.1, 0.15) is 12.7 Å². The molecule has 0 amide bonds. The number of nitrogens with zero attached hydrogens (tertiary/aromatic N) is 3. The summed E-state index contributed by atoms with van der Waals surface area (Å²) in [4.78, 5) is 3.96. The van der Waals surface area contributed by atoms with E-state index in [9.17, 15) is 0 Å². The highest BCUT2D eigenvalue weighted by Gasteiger charge is 2.11. The average Bonchev–Trinajstić information content (AvgIpc) is 2.84. The van der Waals surface area contributed by atoms with Gasteiger partial charge in [-0.15, -0.1) is 0 Å². The molecule has 1 aliphatic rings. The Morgan fingerprint density at radius 3 is 2.90 bits per heavy atom. The van der Waals surface area contributed by atoms with Crippen molar-refractivity contribution in [2.45, 2.75) is 31.8 Å². The van der Waals surface area contributed by atoms with Gasteiger partial charge in [0.25, 0.3) is 0 Å². The molecule has 1 aromatic carbocycles. The molecule has 5 heteroatoms. The van der Waals surface area contributed by atoms with Crippen LogP contribution < -0.4 is 10.6 Å². The highest BCUT2D eigenvalue weighted by atomic mass is 15.3. The summed E-state index contributed by atoms with van der Waals surface area (Å²) in [5.41, 5.74) is 2.45. The van der Waals surface area contributed by atoms with E-state index in [-0.39, 0.29) is 0 Å². The van der Waals surface area contributed by atoms with Crippen molar-refractivity contribution in [3.8, 4) is 0 Å². The lowest BCUT2D eigenvalue weighted by Gasteiger charge is -2.17. The number of benzene rings is 1. The van der Waals surface area contributed by atoms with Crippen molar-refractivity contribution < 1.29 is 0 Å². The minimum atomic E-state index is 0.589. The zero-order valence-corrected chi connectivity index (χ0v) is 11.6. The Morgan fingerprint density at radius 2 is 2.10 bits per heavy atom. The van der Waals surface area contributed by atoms with E-state index in [0.29, 0.717) is 6.04 Å². The van der Waals surface area contributed by atoms with Gasteiger partial charge in [-0.1, -0.05) is 12.1 Å². The number of hydrogen-bond donors (Lipinski definition) is 2. The molecule has 1 fully saturated rings. The van der Waals surface area contributed by atoms with Crippen molar-refractivity contribution in [3.63, 3.8) is 0 Å². The van der Waals surface area contributed by atoms with Crippen molar-refractivity contribution in [3.05, 3.63) is 42.5 Å². The second-order valence-corrected chi connectivity index (χ2v) is 5.31. The van der Waals surface area contributed by atoms with Crippen molar-refractivity contribution in [2.75, 3.05) is 18.4 Å². The molecule has 3 rings (SSSR count). The van der Waals surface area contributed by atoms with Crippen LogP contribution in [-0.2, 0) is 6.54 Å². The first-order chi connectivity index (χ1) is 9.90. The normalized spacial score (nSPS) is 19.5. The molecule has 0 bridgehead atoms. The standard InChI is InChI=1S/C15H21N5/c1-2-14(7-9-16-8-1)19-15-5-3-13(4-6-15)10-20-12-17-11-18-20/h3-6,11-12,14,16,19H,1-2,7-10H2. The summed E-state index contributed by atoms with van der Waals surface area (Å²) < 4.78 is 1.83. The lowest BCUT2D eigenvalue weighted by atomic mass is 10.1. The average molecular weight is 271 g/mol. The van der Waals surface area contributed by atoms with Crippen molar-refractivity contribution >= 4 is 5.69 Å². The molecule has 1 aromatic heterocycles. The molecular formula is C15H21N5. The first kappa shape index (κ1) is 13.1. The van der Waals surface area contributed by atoms with E-state index in [0.717, 1.165) is 19.6 Å². The maximum atomic E-state index is 4.12. The zero-order valence-electron chi connectivity index (χ0n) is 11.6. The van der Waals surface area contributed by atoms with Crippen molar-refractivity contribution in [1.29, 1.82) is 0 Å². The van der Waals surface area contributed by atoms with Crippen LogP contribution in [0.5, 0.6) is 0 Å². The van der Waals surface area contributed by atoms with Crippen LogP contribution in [0.3, 0.4) is 0 Å². The van der Waals surface area contributed by atoms with Gasteiger partial charge in [0.2, 0.25) is 0 Å². The van der Waals surface area contributed by atoms with Gasteiger partial charge in [-0.3, -0.25) is 0 Å². The molecule has 1 atom stereocenters. The van der Waals surface area contributed by atoms with Crippen LogP contribution in [-0.4, -0.2) is 33.9 Å². The van der Waals surface area contributed by atoms with Crippen LogP contribution >= 0.6 is 0 Å². The minimum absolute atomic E-state index is 0.589. The first-order valence-corrected chi connectivity index (χ1v) is 7.29. The van der Waals surface area contributed by atoms with E-state index in [1.165, 1.54) is 30.5 Å². The largest absolute Gasteiger partial charge is 0.382 e. The quantitative estimate of drug-likeness (QED) is 0.891. The second-order valence-electron chi connectivity index (χ2n) is 5.31. The molecule has 1 saturated heterocycles. The number of rotatable bonds is 4. The lowest BCUT2D eigenvalue weighted by Crippen LogP contribution is -2.21. The number of anilines is 1. The van der Waals surface area contributed by atoms with Gasteiger partial charge in [-0.2, -0.15) is 5.10 Å². The fraction of sp³-hybridized carbons (Fsp3) is 0.467. The van der Waals surface area contributed by atoms with E-state index >= 15 is 0 Å². The van der Waals surface area contributed by atoms with Crippen LogP contribution in [0.2, 0.25) is 0 Å². The van der Waals surface area contributed by atoms with E-state index in [1.54, 1.807) is 12.7 Å². The fourth-order valence-corrected chi connectivity index (χ4v) is 2.61. The molecule has 5 nitrogen and oxygen atoms in total. The highest BCUT2D eigenvalue weighted by molar-refractivity contribution is 5.45. The lowest BCUT2D eigenvalue weighted by molar-refractivity contribution is 0.637. The van der Waals surface area contributed by atoms with Gasteiger partial charge in [-0.25, -0.2) is 9.67 Å². The van der Waals surface area contributed by atoms with Gasteiger partial charge >= 0.3 is 0 Å². The third-order valence-electron chi connectivity index (χ3n) is 3.71.